The molecule has 7 aromatic rings. The van der Waals surface area contributed by atoms with Crippen molar-refractivity contribution in [1.82, 2.24) is 0 Å². The van der Waals surface area contributed by atoms with Crippen LogP contribution in [0.25, 0.3) is 44.2 Å². The van der Waals surface area contributed by atoms with E-state index in [1.54, 1.807) is 11.1 Å². The maximum Gasteiger partial charge on any atom is 0.0543 e. The zero-order valence-electron chi connectivity index (χ0n) is 32.5. The lowest BCUT2D eigenvalue weighted by atomic mass is 9.49. The molecule has 1 heteroatoms. The van der Waals surface area contributed by atoms with E-state index in [4.69, 9.17) is 0 Å². The van der Waals surface area contributed by atoms with Crippen molar-refractivity contribution in [3.63, 3.8) is 0 Å². The minimum atomic E-state index is -0.103. The number of nitrogens with zero attached hydrogens (tertiary/aromatic N) is 1. The molecule has 0 aromatic heterocycles. The summed E-state index contributed by atoms with van der Waals surface area (Å²) in [7, 11) is 0. The van der Waals surface area contributed by atoms with Gasteiger partial charge in [0.15, 0.2) is 0 Å². The van der Waals surface area contributed by atoms with Gasteiger partial charge in [0.25, 0.3) is 0 Å². The molecule has 7 aromatic carbocycles. The van der Waals surface area contributed by atoms with Gasteiger partial charge in [0, 0.05) is 27.3 Å². The SMILES string of the molecule is CC1CC2CC(C)C3(c4ccccc4-c4c(N(c5cccc6c5-c5ccccc5C6(C)C)c5cccc6ccc(-c7ccccc7)cc56)cccc43)C(C1)C2. The van der Waals surface area contributed by atoms with Crippen molar-refractivity contribution < 1.29 is 0 Å². The van der Waals surface area contributed by atoms with E-state index in [1.807, 2.05) is 0 Å². The van der Waals surface area contributed by atoms with Crippen LogP contribution in [-0.4, -0.2) is 0 Å². The summed E-state index contributed by atoms with van der Waals surface area (Å²) in [6.45, 7) is 9.91. The van der Waals surface area contributed by atoms with Crippen LogP contribution in [0.2, 0.25) is 0 Å². The zero-order valence-corrected chi connectivity index (χ0v) is 32.5. The Morgan fingerprint density at radius 2 is 1.11 bits per heavy atom. The predicted octanol–water partition coefficient (Wildman–Crippen LogP) is 14.6. The lowest BCUT2D eigenvalue weighted by Gasteiger charge is -2.54. The molecule has 2 fully saturated rings. The molecule has 5 atom stereocenters. The van der Waals surface area contributed by atoms with Crippen molar-refractivity contribution in [2.24, 2.45) is 23.7 Å². The number of rotatable bonds is 4. The second kappa shape index (κ2) is 12.0. The van der Waals surface area contributed by atoms with Gasteiger partial charge < -0.3 is 4.90 Å². The van der Waals surface area contributed by atoms with E-state index in [0.717, 1.165) is 11.8 Å². The van der Waals surface area contributed by atoms with Crippen LogP contribution in [0.5, 0.6) is 0 Å². The van der Waals surface area contributed by atoms with E-state index in [0.29, 0.717) is 11.8 Å². The first-order valence-electron chi connectivity index (χ1n) is 20.7. The average Bonchev–Trinajstić information content (AvgIpc) is 3.64. The standard InChI is InChI=1S/C54H49N/c1-34-29-36-31-35(2)54(40(30-34)32-36)45-21-11-9-19-42(45)52-47(54)23-14-26-50(52)55(49-25-13-22-46-51(49)41-18-8-10-20-44(41)53(46,3)4)48-24-12-17-38-27-28-39(33-43(38)48)37-15-6-5-7-16-37/h5-28,33-36,40H,29-32H2,1-4H3. The van der Waals surface area contributed by atoms with Gasteiger partial charge in [0.1, 0.15) is 0 Å². The Kier molecular flexibility index (Phi) is 7.22. The normalized spacial score (nSPS) is 23.9. The number of benzene rings is 7. The summed E-state index contributed by atoms with van der Waals surface area (Å²) >= 11 is 0. The fourth-order valence-corrected chi connectivity index (χ4v) is 12.5. The lowest BCUT2D eigenvalue weighted by Crippen LogP contribution is -2.49. The molecular formula is C54H49N. The molecular weight excluding hydrogens is 663 g/mol. The number of hydrogen-bond donors (Lipinski definition) is 0. The summed E-state index contributed by atoms with van der Waals surface area (Å²) in [6, 6.07) is 57.9. The average molecular weight is 712 g/mol. The van der Waals surface area contributed by atoms with Crippen LogP contribution in [-0.2, 0) is 10.8 Å². The van der Waals surface area contributed by atoms with Crippen LogP contribution in [0.15, 0.2) is 152 Å². The minimum absolute atomic E-state index is 0.0191. The van der Waals surface area contributed by atoms with Gasteiger partial charge >= 0.3 is 0 Å². The van der Waals surface area contributed by atoms with Gasteiger partial charge in [-0.1, -0.05) is 155 Å². The van der Waals surface area contributed by atoms with Gasteiger partial charge in [-0.05, 0) is 124 Å². The summed E-state index contributed by atoms with van der Waals surface area (Å²) in [5, 5.41) is 2.52. The fourth-order valence-electron chi connectivity index (χ4n) is 12.5. The Hall–Kier alpha value is -5.40. The van der Waals surface area contributed by atoms with Crippen LogP contribution >= 0.6 is 0 Å². The summed E-state index contributed by atoms with van der Waals surface area (Å²) < 4.78 is 0. The molecule has 5 unspecified atom stereocenters. The molecule has 1 nitrogen and oxygen atoms in total. The Bertz CT molecular complexity index is 2640. The van der Waals surface area contributed by atoms with Crippen molar-refractivity contribution in [3.05, 3.63) is 174 Å². The highest BCUT2D eigenvalue weighted by Crippen LogP contribution is 2.66. The van der Waals surface area contributed by atoms with Crippen LogP contribution < -0.4 is 4.90 Å². The molecule has 2 bridgehead atoms. The highest BCUT2D eigenvalue weighted by molar-refractivity contribution is 6.07. The van der Waals surface area contributed by atoms with Crippen molar-refractivity contribution in [2.45, 2.75) is 64.2 Å². The van der Waals surface area contributed by atoms with Crippen molar-refractivity contribution in [2.75, 3.05) is 4.90 Å². The van der Waals surface area contributed by atoms with Gasteiger partial charge in [-0.3, -0.25) is 0 Å². The van der Waals surface area contributed by atoms with Gasteiger partial charge in [0.05, 0.1) is 17.1 Å². The third kappa shape index (κ3) is 4.59. The van der Waals surface area contributed by atoms with Gasteiger partial charge in [-0.15, -0.1) is 0 Å². The largest absolute Gasteiger partial charge is 0.309 e. The topological polar surface area (TPSA) is 3.24 Å². The first-order chi connectivity index (χ1) is 26.9. The number of anilines is 3. The summed E-state index contributed by atoms with van der Waals surface area (Å²) in [6.07, 6.45) is 5.36. The zero-order chi connectivity index (χ0) is 37.1. The van der Waals surface area contributed by atoms with Crippen molar-refractivity contribution in [1.29, 1.82) is 0 Å². The highest BCUT2D eigenvalue weighted by Gasteiger charge is 2.57. The molecule has 0 N–H and O–H groups in total. The molecule has 2 saturated carbocycles. The second-order valence-electron chi connectivity index (χ2n) is 17.9. The molecule has 55 heavy (non-hydrogen) atoms. The van der Waals surface area contributed by atoms with E-state index < -0.39 is 0 Å². The van der Waals surface area contributed by atoms with Crippen LogP contribution in [0.1, 0.15) is 75.6 Å². The fraction of sp³-hybridized carbons (Fsp3) is 0.259. The van der Waals surface area contributed by atoms with E-state index in [2.05, 4.69) is 184 Å². The lowest BCUT2D eigenvalue weighted by molar-refractivity contribution is 0.0426. The Balaban J connectivity index is 1.24. The van der Waals surface area contributed by atoms with Crippen LogP contribution in [0, 0.1) is 23.7 Å². The molecule has 0 heterocycles. The molecule has 0 amide bonds. The smallest absolute Gasteiger partial charge is 0.0543 e. The molecule has 270 valence electrons. The van der Waals surface area contributed by atoms with Crippen molar-refractivity contribution in [3.8, 4) is 33.4 Å². The Labute approximate surface area is 326 Å². The van der Waals surface area contributed by atoms with Crippen LogP contribution in [0.4, 0.5) is 17.1 Å². The summed E-state index contributed by atoms with van der Waals surface area (Å²) in [5.41, 5.74) is 17.6. The van der Waals surface area contributed by atoms with E-state index in [1.165, 1.54) is 98.0 Å². The second-order valence-corrected chi connectivity index (χ2v) is 17.9. The minimum Gasteiger partial charge on any atom is -0.309 e. The number of fused-ring (bicyclic) bond motifs is 12. The highest BCUT2D eigenvalue weighted by atomic mass is 15.2. The third-order valence-corrected chi connectivity index (χ3v) is 14.6. The summed E-state index contributed by atoms with van der Waals surface area (Å²) in [5.74, 6) is 2.84. The molecule has 0 saturated heterocycles. The third-order valence-electron chi connectivity index (χ3n) is 14.6. The van der Waals surface area contributed by atoms with E-state index in [-0.39, 0.29) is 10.8 Å². The predicted molar refractivity (Wildman–Crippen MR) is 232 cm³/mol. The summed E-state index contributed by atoms with van der Waals surface area (Å²) in [4.78, 5) is 2.67. The van der Waals surface area contributed by atoms with Crippen molar-refractivity contribution >= 4 is 27.8 Å². The van der Waals surface area contributed by atoms with Gasteiger partial charge in [0.2, 0.25) is 0 Å². The Morgan fingerprint density at radius 1 is 0.491 bits per heavy atom. The first-order valence-corrected chi connectivity index (χ1v) is 20.7. The molecule has 0 aliphatic heterocycles. The molecule has 11 rings (SSSR count). The molecule has 0 radical (unpaired) electrons. The monoisotopic (exact) mass is 711 g/mol. The van der Waals surface area contributed by atoms with Gasteiger partial charge in [-0.25, -0.2) is 0 Å². The van der Waals surface area contributed by atoms with E-state index >= 15 is 0 Å². The van der Waals surface area contributed by atoms with Crippen LogP contribution in [0.3, 0.4) is 0 Å². The molecule has 1 spiro atoms. The molecule has 4 aliphatic carbocycles. The van der Waals surface area contributed by atoms with E-state index in [9.17, 15) is 0 Å². The van der Waals surface area contributed by atoms with Gasteiger partial charge in [-0.2, -0.15) is 0 Å². The first kappa shape index (κ1) is 33.0. The maximum absolute atomic E-state index is 2.67. The number of hydrogen-bond acceptors (Lipinski definition) is 1. The quantitative estimate of drug-likeness (QED) is 0.176. The molecule has 4 aliphatic rings. The Morgan fingerprint density at radius 3 is 1.89 bits per heavy atom. The maximum atomic E-state index is 2.67.